The molecule has 1 atom stereocenters. The van der Waals surface area contributed by atoms with Crippen LogP contribution in [0.2, 0.25) is 10.0 Å². The maximum atomic E-state index is 13.8. The van der Waals surface area contributed by atoms with Crippen LogP contribution in [0.15, 0.2) is 61.1 Å². The Morgan fingerprint density at radius 3 is 2.33 bits per heavy atom. The molecule has 2 aromatic heterocycles. The summed E-state index contributed by atoms with van der Waals surface area (Å²) in [7, 11) is -2.78. The highest BCUT2D eigenvalue weighted by molar-refractivity contribution is 7.92. The Labute approximate surface area is 309 Å². The SMILES string of the molecule is CO[n+]1cc(Cl)c(CC(OC(=O)Cn2cc(N(C(=O)OC(C)(C)C)S(C)(=O)=O)c3ccccc32)c2ccc(OC(F)F)c(OCC3CC3)c2)c(Cl)c1. The minimum absolute atomic E-state index is 0.0296. The van der Waals surface area contributed by atoms with Gasteiger partial charge in [0, 0.05) is 28.3 Å². The number of rotatable bonds is 14. The van der Waals surface area contributed by atoms with Crippen molar-refractivity contribution in [3.63, 3.8) is 0 Å². The molecule has 1 saturated carbocycles. The zero-order valence-corrected chi connectivity index (χ0v) is 31.3. The zero-order valence-electron chi connectivity index (χ0n) is 29.0. The average Bonchev–Trinajstić information content (AvgIpc) is 3.81. The molecule has 1 unspecified atom stereocenters. The highest BCUT2D eigenvalue weighted by Gasteiger charge is 2.33. The molecule has 17 heteroatoms. The van der Waals surface area contributed by atoms with Crippen LogP contribution in [0.3, 0.4) is 0 Å². The number of nitrogens with zero attached hydrogens (tertiary/aromatic N) is 3. The summed E-state index contributed by atoms with van der Waals surface area (Å²) in [5, 5.41) is 0.745. The number of hydrogen-bond acceptors (Lipinski definition) is 9. The summed E-state index contributed by atoms with van der Waals surface area (Å²) in [6.45, 7) is 1.57. The number of carbonyl (C=O) groups excluding carboxylic acids is 2. The summed E-state index contributed by atoms with van der Waals surface area (Å²) in [6, 6.07) is 10.8. The number of esters is 1. The molecule has 1 amide bonds. The zero-order chi connectivity index (χ0) is 38.0. The summed E-state index contributed by atoms with van der Waals surface area (Å²) in [6.07, 6.45) is 4.81. The molecule has 1 aliphatic rings. The van der Waals surface area contributed by atoms with E-state index in [-0.39, 0.29) is 40.3 Å². The van der Waals surface area contributed by atoms with Gasteiger partial charge in [0.2, 0.25) is 22.4 Å². The molecule has 0 radical (unpaired) electrons. The molecule has 4 aromatic rings. The molecule has 1 aliphatic carbocycles. The quantitative estimate of drug-likeness (QED) is 0.0991. The van der Waals surface area contributed by atoms with Crippen molar-refractivity contribution in [3.05, 3.63) is 82.2 Å². The molecule has 12 nitrogen and oxygen atoms in total. The second-order valence-electron chi connectivity index (χ2n) is 13.2. The van der Waals surface area contributed by atoms with Crippen LogP contribution >= 0.6 is 23.2 Å². The van der Waals surface area contributed by atoms with E-state index in [1.807, 2.05) is 0 Å². The first-order chi connectivity index (χ1) is 24.4. The molecule has 0 bridgehead atoms. The lowest BCUT2D eigenvalue weighted by atomic mass is 10.0. The molecule has 0 saturated heterocycles. The van der Waals surface area contributed by atoms with Crippen LogP contribution in [-0.2, 0) is 37.3 Å². The van der Waals surface area contributed by atoms with Crippen molar-refractivity contribution in [2.75, 3.05) is 24.3 Å². The first-order valence-electron chi connectivity index (χ1n) is 16.1. The van der Waals surface area contributed by atoms with Gasteiger partial charge in [0.15, 0.2) is 11.5 Å². The number of fused-ring (bicyclic) bond motifs is 1. The van der Waals surface area contributed by atoms with Crippen LogP contribution in [-0.4, -0.2) is 57.2 Å². The highest BCUT2D eigenvalue weighted by Crippen LogP contribution is 2.38. The Morgan fingerprint density at radius 1 is 1.06 bits per heavy atom. The molecule has 2 aromatic carbocycles. The predicted molar refractivity (Wildman–Crippen MR) is 188 cm³/mol. The van der Waals surface area contributed by atoms with Gasteiger partial charge < -0.3 is 23.5 Å². The predicted octanol–water partition coefficient (Wildman–Crippen LogP) is 6.91. The number of amides is 1. The minimum atomic E-state index is -4.20. The van der Waals surface area contributed by atoms with Gasteiger partial charge in [-0.05, 0) is 63.3 Å². The van der Waals surface area contributed by atoms with E-state index in [0.29, 0.717) is 32.3 Å². The van der Waals surface area contributed by atoms with E-state index < -0.39 is 46.9 Å². The van der Waals surface area contributed by atoms with Crippen LogP contribution in [0.1, 0.15) is 50.8 Å². The van der Waals surface area contributed by atoms with Gasteiger partial charge in [0.05, 0.1) is 24.1 Å². The van der Waals surface area contributed by atoms with Crippen molar-refractivity contribution in [2.24, 2.45) is 5.92 Å². The number of benzene rings is 2. The summed E-state index contributed by atoms with van der Waals surface area (Å²) in [4.78, 5) is 32.2. The summed E-state index contributed by atoms with van der Waals surface area (Å²) in [5.74, 6) is -0.629. The maximum absolute atomic E-state index is 13.8. The summed E-state index contributed by atoms with van der Waals surface area (Å²) in [5.41, 5.74) is 0.155. The topological polar surface area (TPSA) is 126 Å². The number of anilines is 1. The van der Waals surface area contributed by atoms with Crippen molar-refractivity contribution in [1.82, 2.24) is 4.57 Å². The molecule has 1 fully saturated rings. The van der Waals surface area contributed by atoms with Crippen molar-refractivity contribution < 1.29 is 55.3 Å². The largest absolute Gasteiger partial charge is 0.489 e. The molecular weight excluding hydrogens is 747 g/mol. The number of sulfonamides is 1. The summed E-state index contributed by atoms with van der Waals surface area (Å²) < 4.78 is 77.7. The Hall–Kier alpha value is -4.34. The number of ether oxygens (including phenoxy) is 4. The average molecular weight is 786 g/mol. The van der Waals surface area contributed by atoms with Gasteiger partial charge in [-0.15, -0.1) is 0 Å². The fraction of sp³-hybridized carbons (Fsp3) is 0.400. The second kappa shape index (κ2) is 15.7. The van der Waals surface area contributed by atoms with E-state index in [0.717, 1.165) is 19.1 Å². The van der Waals surface area contributed by atoms with Crippen molar-refractivity contribution >= 4 is 61.9 Å². The molecule has 5 rings (SSSR count). The molecule has 280 valence electrons. The third-order valence-electron chi connectivity index (χ3n) is 7.84. The van der Waals surface area contributed by atoms with Gasteiger partial charge in [-0.2, -0.15) is 13.1 Å². The number of aromatic nitrogens is 2. The van der Waals surface area contributed by atoms with Gasteiger partial charge in [-0.25, -0.2) is 13.2 Å². The van der Waals surface area contributed by atoms with Gasteiger partial charge >= 0.3 is 18.7 Å². The van der Waals surface area contributed by atoms with E-state index >= 15 is 0 Å². The number of pyridine rings is 1. The van der Waals surface area contributed by atoms with E-state index in [1.165, 1.54) is 53.2 Å². The molecule has 0 spiro atoms. The first kappa shape index (κ1) is 38.9. The molecule has 0 N–H and O–H groups in total. The van der Waals surface area contributed by atoms with Crippen molar-refractivity contribution in [1.29, 1.82) is 0 Å². The Bertz CT molecular complexity index is 2040. The highest BCUT2D eigenvalue weighted by atomic mass is 35.5. The number of halogens is 4. The molecular formula is C35H38Cl2F2N3O9S+. The van der Waals surface area contributed by atoms with Crippen molar-refractivity contribution in [2.45, 2.75) is 64.9 Å². The van der Waals surface area contributed by atoms with Gasteiger partial charge in [0.25, 0.3) is 0 Å². The number of para-hydroxylation sites is 1. The number of carbonyl (C=O) groups is 2. The monoisotopic (exact) mass is 784 g/mol. The third kappa shape index (κ3) is 9.75. The van der Waals surface area contributed by atoms with Crippen LogP contribution in [0, 0.1) is 5.92 Å². The van der Waals surface area contributed by atoms with Crippen LogP contribution in [0.4, 0.5) is 19.3 Å². The molecule has 2 heterocycles. The second-order valence-corrected chi connectivity index (χ2v) is 15.8. The van der Waals surface area contributed by atoms with Gasteiger partial charge in [-0.3, -0.25) is 9.63 Å². The lowest BCUT2D eigenvalue weighted by molar-refractivity contribution is -0.885. The number of hydrogen-bond donors (Lipinski definition) is 0. The number of alkyl halides is 2. The Balaban J connectivity index is 1.51. The van der Waals surface area contributed by atoms with E-state index in [4.69, 9.17) is 47.0 Å². The summed E-state index contributed by atoms with van der Waals surface area (Å²) >= 11 is 13.1. The van der Waals surface area contributed by atoms with E-state index in [9.17, 15) is 26.8 Å². The normalized spacial score (nSPS) is 13.9. The standard InChI is InChI=1S/C35H38Cl2F2N3O9S/c1-35(2,3)51-34(44)42(52(5,45)46)28-18-40(27-9-7-6-8-23(27)28)19-32(43)49-30(15-24-25(36)16-41(47-4)17-26(24)37)22-12-13-29(50-33(38)39)31(14-22)48-20-21-10-11-21/h6-9,12-14,16-18,21,30,33H,10-11,15,19-20H2,1-5H3/q+1. The molecule has 52 heavy (non-hydrogen) atoms. The van der Waals surface area contributed by atoms with Crippen LogP contribution in [0.5, 0.6) is 11.5 Å². The lowest BCUT2D eigenvalue weighted by Crippen LogP contribution is -2.40. The third-order valence-corrected chi connectivity index (χ3v) is 9.50. The van der Waals surface area contributed by atoms with Crippen molar-refractivity contribution in [3.8, 4) is 11.5 Å². The molecule has 0 aliphatic heterocycles. The lowest BCUT2D eigenvalue weighted by Gasteiger charge is -2.25. The van der Waals surface area contributed by atoms with Crippen LogP contribution in [0.25, 0.3) is 10.9 Å². The maximum Gasteiger partial charge on any atom is 0.428 e. The smallest absolute Gasteiger partial charge is 0.428 e. The minimum Gasteiger partial charge on any atom is -0.489 e. The van der Waals surface area contributed by atoms with Gasteiger partial charge in [0.1, 0.15) is 35.4 Å². The Morgan fingerprint density at radius 2 is 1.73 bits per heavy atom. The fourth-order valence-corrected chi connectivity index (χ4v) is 6.75. The van der Waals surface area contributed by atoms with E-state index in [2.05, 4.69) is 0 Å². The van der Waals surface area contributed by atoms with Crippen LogP contribution < -0.4 is 23.3 Å². The first-order valence-corrected chi connectivity index (χ1v) is 18.7. The Kier molecular flexibility index (Phi) is 11.8. The fourth-order valence-electron chi connectivity index (χ4n) is 5.34. The van der Waals surface area contributed by atoms with Gasteiger partial charge in [-0.1, -0.05) is 47.5 Å². The van der Waals surface area contributed by atoms with E-state index in [1.54, 1.807) is 45.0 Å².